The molecule has 2 heterocycles. The molecule has 1 saturated heterocycles. The number of rotatable bonds is 6. The molecule has 0 N–H and O–H groups in total. The van der Waals surface area contributed by atoms with Crippen LogP contribution in [0.3, 0.4) is 0 Å². The lowest BCUT2D eigenvalue weighted by atomic mass is 9.95. The van der Waals surface area contributed by atoms with Crippen molar-refractivity contribution in [3.63, 3.8) is 0 Å². The molecule has 6 heteroatoms. The molecular formula is C20H29NO5. The number of hydrogen-bond acceptors (Lipinski definition) is 6. The summed E-state index contributed by atoms with van der Waals surface area (Å²) >= 11 is 0. The fraction of sp³-hybridized carbons (Fsp3) is 0.650. The Labute approximate surface area is 155 Å². The van der Waals surface area contributed by atoms with E-state index in [1.54, 1.807) is 7.11 Å². The Morgan fingerprint density at radius 1 is 1.15 bits per heavy atom. The Hall–Kier alpha value is -1.79. The van der Waals surface area contributed by atoms with Crippen molar-refractivity contribution in [1.82, 2.24) is 4.90 Å². The average Bonchev–Trinajstić information content (AvgIpc) is 3.05. The predicted octanol–water partition coefficient (Wildman–Crippen LogP) is 2.19. The van der Waals surface area contributed by atoms with Gasteiger partial charge in [-0.3, -0.25) is 9.69 Å². The first-order valence-electron chi connectivity index (χ1n) is 9.30. The smallest absolute Gasteiger partial charge is 0.309 e. The summed E-state index contributed by atoms with van der Waals surface area (Å²) in [6, 6.07) is 0. The van der Waals surface area contributed by atoms with E-state index < -0.39 is 0 Å². The topological polar surface area (TPSA) is 57.2 Å². The van der Waals surface area contributed by atoms with Gasteiger partial charge in [0.1, 0.15) is 24.2 Å². The Balaban J connectivity index is 1.52. The van der Waals surface area contributed by atoms with Gasteiger partial charge in [0.15, 0.2) is 0 Å². The van der Waals surface area contributed by atoms with Crippen LogP contribution in [0, 0.1) is 20.8 Å². The molecule has 6 nitrogen and oxygen atoms in total. The van der Waals surface area contributed by atoms with E-state index in [4.69, 9.17) is 18.9 Å². The summed E-state index contributed by atoms with van der Waals surface area (Å²) in [6.07, 6.45) is 0.833. The zero-order chi connectivity index (χ0) is 18.7. The van der Waals surface area contributed by atoms with E-state index in [2.05, 4.69) is 11.8 Å². The monoisotopic (exact) mass is 363 g/mol. The van der Waals surface area contributed by atoms with Crippen LogP contribution in [0.2, 0.25) is 0 Å². The maximum absolute atomic E-state index is 12.2. The molecule has 0 aliphatic carbocycles. The first-order chi connectivity index (χ1) is 12.5. The van der Waals surface area contributed by atoms with Crippen molar-refractivity contribution in [3.8, 4) is 11.5 Å². The highest BCUT2D eigenvalue weighted by Crippen LogP contribution is 2.42. The third-order valence-corrected chi connectivity index (χ3v) is 5.40. The van der Waals surface area contributed by atoms with Crippen LogP contribution in [-0.2, 0) is 20.7 Å². The number of morpholine rings is 1. The number of carbonyl (C=O) groups is 1. The standard InChI is InChI=1S/C20H29NO5/c1-13-14(2)20-17(15(3)19(13)23-4)11-16(26-20)12-18(22)25-10-7-21-5-8-24-9-6-21/h16H,5-12H2,1-4H3. The van der Waals surface area contributed by atoms with Crippen LogP contribution in [0.15, 0.2) is 0 Å². The molecule has 0 saturated carbocycles. The number of fused-ring (bicyclic) bond motifs is 1. The number of benzene rings is 1. The summed E-state index contributed by atoms with van der Waals surface area (Å²) in [5.41, 5.74) is 4.44. The van der Waals surface area contributed by atoms with E-state index in [0.717, 1.165) is 73.0 Å². The van der Waals surface area contributed by atoms with Crippen molar-refractivity contribution in [3.05, 3.63) is 22.3 Å². The van der Waals surface area contributed by atoms with Crippen LogP contribution in [0.1, 0.15) is 28.7 Å². The Morgan fingerprint density at radius 2 is 1.88 bits per heavy atom. The third kappa shape index (κ3) is 3.96. The summed E-state index contributed by atoms with van der Waals surface area (Å²) in [7, 11) is 1.69. The van der Waals surface area contributed by atoms with Gasteiger partial charge in [-0.2, -0.15) is 0 Å². The normalized spacial score (nSPS) is 19.8. The van der Waals surface area contributed by atoms with Crippen molar-refractivity contribution < 1.29 is 23.7 Å². The van der Waals surface area contributed by atoms with Gasteiger partial charge < -0.3 is 18.9 Å². The molecule has 0 spiro atoms. The van der Waals surface area contributed by atoms with Gasteiger partial charge in [-0.15, -0.1) is 0 Å². The molecule has 144 valence electrons. The minimum Gasteiger partial charge on any atom is -0.496 e. The molecule has 0 bridgehead atoms. The molecule has 0 aromatic heterocycles. The van der Waals surface area contributed by atoms with Crippen molar-refractivity contribution >= 4 is 5.97 Å². The predicted molar refractivity (Wildman–Crippen MR) is 98.2 cm³/mol. The number of methoxy groups -OCH3 is 1. The third-order valence-electron chi connectivity index (χ3n) is 5.40. The Kier molecular flexibility index (Phi) is 6.04. The molecule has 2 aliphatic heterocycles. The number of esters is 1. The molecule has 2 aliphatic rings. The van der Waals surface area contributed by atoms with Gasteiger partial charge in [-0.25, -0.2) is 0 Å². The fourth-order valence-corrected chi connectivity index (χ4v) is 3.78. The highest BCUT2D eigenvalue weighted by molar-refractivity contribution is 5.71. The molecule has 0 amide bonds. The van der Waals surface area contributed by atoms with Crippen LogP contribution < -0.4 is 9.47 Å². The van der Waals surface area contributed by atoms with Crippen LogP contribution in [0.4, 0.5) is 0 Å². The fourth-order valence-electron chi connectivity index (χ4n) is 3.78. The van der Waals surface area contributed by atoms with Gasteiger partial charge in [0, 0.05) is 31.6 Å². The molecule has 1 unspecified atom stereocenters. The largest absolute Gasteiger partial charge is 0.496 e. The molecule has 1 fully saturated rings. The second kappa shape index (κ2) is 8.27. The van der Waals surface area contributed by atoms with Gasteiger partial charge in [-0.1, -0.05) is 0 Å². The summed E-state index contributed by atoms with van der Waals surface area (Å²) < 4.78 is 22.4. The Bertz CT molecular complexity index is 667. The first kappa shape index (κ1) is 19.0. The maximum atomic E-state index is 12.2. The minimum atomic E-state index is -0.199. The quantitative estimate of drug-likeness (QED) is 0.722. The van der Waals surface area contributed by atoms with Crippen LogP contribution in [0.5, 0.6) is 11.5 Å². The number of nitrogens with zero attached hydrogens (tertiary/aromatic N) is 1. The Morgan fingerprint density at radius 3 is 2.58 bits per heavy atom. The maximum Gasteiger partial charge on any atom is 0.309 e. The van der Waals surface area contributed by atoms with E-state index in [1.165, 1.54) is 0 Å². The molecule has 0 radical (unpaired) electrons. The van der Waals surface area contributed by atoms with Gasteiger partial charge in [0.25, 0.3) is 0 Å². The van der Waals surface area contributed by atoms with Gasteiger partial charge in [0.2, 0.25) is 0 Å². The van der Waals surface area contributed by atoms with Crippen molar-refractivity contribution in [1.29, 1.82) is 0 Å². The van der Waals surface area contributed by atoms with E-state index >= 15 is 0 Å². The summed E-state index contributed by atoms with van der Waals surface area (Å²) in [5.74, 6) is 1.63. The van der Waals surface area contributed by atoms with E-state index in [9.17, 15) is 4.79 Å². The zero-order valence-corrected chi connectivity index (χ0v) is 16.2. The molecular weight excluding hydrogens is 334 g/mol. The first-order valence-corrected chi connectivity index (χ1v) is 9.30. The summed E-state index contributed by atoms with van der Waals surface area (Å²) in [6.45, 7) is 10.6. The number of carbonyl (C=O) groups excluding carboxylic acids is 1. The van der Waals surface area contributed by atoms with Crippen LogP contribution in [0.25, 0.3) is 0 Å². The molecule has 1 aromatic rings. The molecule has 3 rings (SSSR count). The van der Waals surface area contributed by atoms with E-state index in [-0.39, 0.29) is 18.5 Å². The van der Waals surface area contributed by atoms with Crippen molar-refractivity contribution in [2.45, 2.75) is 39.7 Å². The minimum absolute atomic E-state index is 0.162. The summed E-state index contributed by atoms with van der Waals surface area (Å²) in [4.78, 5) is 14.4. The molecule has 1 atom stereocenters. The summed E-state index contributed by atoms with van der Waals surface area (Å²) in [5, 5.41) is 0. The lowest BCUT2D eigenvalue weighted by molar-refractivity contribution is -0.146. The molecule has 1 aromatic carbocycles. The molecule has 26 heavy (non-hydrogen) atoms. The van der Waals surface area contributed by atoms with E-state index in [0.29, 0.717) is 6.61 Å². The highest BCUT2D eigenvalue weighted by atomic mass is 16.5. The van der Waals surface area contributed by atoms with Crippen molar-refractivity contribution in [2.24, 2.45) is 0 Å². The zero-order valence-electron chi connectivity index (χ0n) is 16.2. The van der Waals surface area contributed by atoms with Gasteiger partial charge >= 0.3 is 5.97 Å². The highest BCUT2D eigenvalue weighted by Gasteiger charge is 2.31. The second-order valence-corrected chi connectivity index (χ2v) is 7.04. The SMILES string of the molecule is COc1c(C)c(C)c2c(c1C)CC(CC(=O)OCCN1CCOCC1)O2. The lowest BCUT2D eigenvalue weighted by Gasteiger charge is -2.26. The number of hydrogen-bond donors (Lipinski definition) is 0. The van der Waals surface area contributed by atoms with Crippen LogP contribution in [-0.4, -0.2) is 63.5 Å². The van der Waals surface area contributed by atoms with Gasteiger partial charge in [0.05, 0.1) is 26.7 Å². The second-order valence-electron chi connectivity index (χ2n) is 7.04. The average molecular weight is 363 g/mol. The van der Waals surface area contributed by atoms with Crippen LogP contribution >= 0.6 is 0 Å². The van der Waals surface area contributed by atoms with E-state index in [1.807, 2.05) is 13.8 Å². The van der Waals surface area contributed by atoms with Gasteiger partial charge in [-0.05, 0) is 37.5 Å². The number of ether oxygens (including phenoxy) is 4. The lowest BCUT2D eigenvalue weighted by Crippen LogP contribution is -2.38. The van der Waals surface area contributed by atoms with Crippen molar-refractivity contribution in [2.75, 3.05) is 46.6 Å².